The quantitative estimate of drug-likeness (QED) is 0.448. The van der Waals surface area contributed by atoms with Crippen molar-refractivity contribution in [3.8, 4) is 0 Å². The topological polar surface area (TPSA) is 53.1 Å². The summed E-state index contributed by atoms with van der Waals surface area (Å²) in [6.07, 6.45) is 1.08. The first kappa shape index (κ1) is 9.43. The summed E-state index contributed by atoms with van der Waals surface area (Å²) in [6.45, 7) is 6.30. The first-order chi connectivity index (χ1) is 4.72. The lowest BCUT2D eigenvalue weighted by Crippen LogP contribution is -2.33. The molecule has 0 rings (SSSR count). The molecule has 0 atom stereocenters. The van der Waals surface area contributed by atoms with Crippen LogP contribution in [0.5, 0.6) is 0 Å². The molecule has 0 aromatic heterocycles. The largest absolute Gasteiger partial charge is 0.360 e. The highest BCUT2D eigenvalue weighted by atomic mass is 15.2. The fourth-order valence-corrected chi connectivity index (χ4v) is 0.873. The second-order valence-corrected chi connectivity index (χ2v) is 2.36. The minimum Gasteiger partial charge on any atom is -0.360 e. The molecule has 0 fully saturated rings. The van der Waals surface area contributed by atoms with E-state index in [4.69, 9.17) is 11.1 Å². The average molecular weight is 143 g/mol. The van der Waals surface area contributed by atoms with Crippen molar-refractivity contribution >= 4 is 5.84 Å². The van der Waals surface area contributed by atoms with Gasteiger partial charge < -0.3 is 10.6 Å². The highest BCUT2D eigenvalue weighted by molar-refractivity contribution is 5.76. The standard InChI is InChI=1S/C7H17N3/c1-3-5-10(6-4-8)7(2)9/h9H,3-6,8H2,1-2H3. The fourth-order valence-electron chi connectivity index (χ4n) is 0.873. The van der Waals surface area contributed by atoms with Gasteiger partial charge in [0.15, 0.2) is 0 Å². The van der Waals surface area contributed by atoms with E-state index in [1.807, 2.05) is 4.90 Å². The van der Waals surface area contributed by atoms with Gasteiger partial charge in [-0.05, 0) is 13.3 Å². The number of nitrogens with one attached hydrogen (secondary N) is 1. The summed E-state index contributed by atoms with van der Waals surface area (Å²) in [5, 5.41) is 7.33. The molecule has 60 valence electrons. The van der Waals surface area contributed by atoms with Crippen LogP contribution in [0.3, 0.4) is 0 Å². The Morgan fingerprint density at radius 3 is 2.40 bits per heavy atom. The molecule has 0 bridgehead atoms. The van der Waals surface area contributed by atoms with Gasteiger partial charge in [0.2, 0.25) is 0 Å². The Kier molecular flexibility index (Phi) is 4.94. The zero-order valence-electron chi connectivity index (χ0n) is 6.85. The van der Waals surface area contributed by atoms with Gasteiger partial charge in [0.1, 0.15) is 0 Å². The molecule has 0 amide bonds. The average Bonchev–Trinajstić information content (AvgIpc) is 1.87. The molecule has 0 radical (unpaired) electrons. The van der Waals surface area contributed by atoms with Crippen LogP contribution in [0.4, 0.5) is 0 Å². The molecular formula is C7H17N3. The van der Waals surface area contributed by atoms with Gasteiger partial charge in [-0.3, -0.25) is 5.41 Å². The van der Waals surface area contributed by atoms with E-state index >= 15 is 0 Å². The molecule has 0 aliphatic rings. The molecule has 3 N–H and O–H groups in total. The maximum Gasteiger partial charge on any atom is 0.0926 e. The Labute approximate surface area is 62.7 Å². The second-order valence-electron chi connectivity index (χ2n) is 2.36. The predicted octanol–water partition coefficient (Wildman–Crippen LogP) is 0.654. The van der Waals surface area contributed by atoms with Crippen molar-refractivity contribution in [1.82, 2.24) is 4.90 Å². The third kappa shape index (κ3) is 3.45. The molecule has 0 heterocycles. The van der Waals surface area contributed by atoms with Crippen LogP contribution in [0.15, 0.2) is 0 Å². The lowest BCUT2D eigenvalue weighted by molar-refractivity contribution is 0.422. The highest BCUT2D eigenvalue weighted by Gasteiger charge is 2.00. The van der Waals surface area contributed by atoms with Crippen LogP contribution in [-0.2, 0) is 0 Å². The van der Waals surface area contributed by atoms with E-state index in [1.165, 1.54) is 0 Å². The molecule has 0 aliphatic heterocycles. The van der Waals surface area contributed by atoms with Crippen LogP contribution in [0, 0.1) is 5.41 Å². The summed E-state index contributed by atoms with van der Waals surface area (Å²) >= 11 is 0. The van der Waals surface area contributed by atoms with Crippen LogP contribution in [0.2, 0.25) is 0 Å². The zero-order valence-corrected chi connectivity index (χ0v) is 6.85. The Hall–Kier alpha value is -0.570. The first-order valence-electron chi connectivity index (χ1n) is 3.72. The lowest BCUT2D eigenvalue weighted by Gasteiger charge is -2.21. The van der Waals surface area contributed by atoms with Crippen LogP contribution >= 0.6 is 0 Å². The highest BCUT2D eigenvalue weighted by Crippen LogP contribution is 1.90. The number of hydrogen-bond acceptors (Lipinski definition) is 2. The van der Waals surface area contributed by atoms with Crippen LogP contribution in [0.25, 0.3) is 0 Å². The van der Waals surface area contributed by atoms with Crippen molar-refractivity contribution < 1.29 is 0 Å². The zero-order chi connectivity index (χ0) is 7.98. The minimum absolute atomic E-state index is 0.618. The summed E-state index contributed by atoms with van der Waals surface area (Å²) in [4.78, 5) is 1.99. The van der Waals surface area contributed by atoms with Gasteiger partial charge in [-0.1, -0.05) is 6.92 Å². The van der Waals surface area contributed by atoms with Gasteiger partial charge in [0, 0.05) is 19.6 Å². The van der Waals surface area contributed by atoms with E-state index in [9.17, 15) is 0 Å². The normalized spacial score (nSPS) is 9.50. The van der Waals surface area contributed by atoms with Crippen molar-refractivity contribution in [3.63, 3.8) is 0 Å². The summed E-state index contributed by atoms with van der Waals surface area (Å²) in [7, 11) is 0. The number of hydrogen-bond donors (Lipinski definition) is 2. The maximum absolute atomic E-state index is 7.33. The number of rotatable bonds is 4. The molecule has 0 saturated carbocycles. The Morgan fingerprint density at radius 1 is 1.50 bits per heavy atom. The van der Waals surface area contributed by atoms with E-state index in [-0.39, 0.29) is 0 Å². The molecule has 3 nitrogen and oxygen atoms in total. The number of amidine groups is 1. The fraction of sp³-hybridized carbons (Fsp3) is 0.857. The van der Waals surface area contributed by atoms with Gasteiger partial charge in [0.25, 0.3) is 0 Å². The third-order valence-electron chi connectivity index (χ3n) is 1.37. The van der Waals surface area contributed by atoms with Gasteiger partial charge in [-0.15, -0.1) is 0 Å². The molecule has 0 spiro atoms. The van der Waals surface area contributed by atoms with Crippen molar-refractivity contribution in [2.75, 3.05) is 19.6 Å². The van der Waals surface area contributed by atoms with E-state index in [2.05, 4.69) is 6.92 Å². The van der Waals surface area contributed by atoms with Crippen molar-refractivity contribution in [1.29, 1.82) is 5.41 Å². The monoisotopic (exact) mass is 143 g/mol. The SMILES string of the molecule is CCCN(CCN)C(C)=N. The molecule has 10 heavy (non-hydrogen) atoms. The van der Waals surface area contributed by atoms with E-state index in [1.54, 1.807) is 6.92 Å². The third-order valence-corrected chi connectivity index (χ3v) is 1.37. The minimum atomic E-state index is 0.618. The molecule has 0 aliphatic carbocycles. The maximum atomic E-state index is 7.33. The molecule has 0 aromatic rings. The van der Waals surface area contributed by atoms with Gasteiger partial charge in [-0.25, -0.2) is 0 Å². The summed E-state index contributed by atoms with van der Waals surface area (Å²) in [6, 6.07) is 0. The Morgan fingerprint density at radius 2 is 2.10 bits per heavy atom. The Balaban J connectivity index is 3.61. The molecule has 0 aromatic carbocycles. The van der Waals surface area contributed by atoms with Gasteiger partial charge >= 0.3 is 0 Å². The summed E-state index contributed by atoms with van der Waals surface area (Å²) < 4.78 is 0. The van der Waals surface area contributed by atoms with Gasteiger partial charge in [0.05, 0.1) is 5.84 Å². The van der Waals surface area contributed by atoms with Crippen LogP contribution in [-0.4, -0.2) is 30.4 Å². The summed E-state index contributed by atoms with van der Waals surface area (Å²) in [5.74, 6) is 0.618. The van der Waals surface area contributed by atoms with E-state index in [0.29, 0.717) is 12.4 Å². The van der Waals surface area contributed by atoms with Crippen LogP contribution < -0.4 is 5.73 Å². The molecular weight excluding hydrogens is 126 g/mol. The van der Waals surface area contributed by atoms with E-state index in [0.717, 1.165) is 19.5 Å². The number of nitrogens with two attached hydrogens (primary N) is 1. The van der Waals surface area contributed by atoms with Crippen LogP contribution in [0.1, 0.15) is 20.3 Å². The second kappa shape index (κ2) is 5.23. The number of nitrogens with zero attached hydrogens (tertiary/aromatic N) is 1. The molecule has 0 unspecified atom stereocenters. The van der Waals surface area contributed by atoms with E-state index < -0.39 is 0 Å². The molecule has 0 saturated heterocycles. The smallest absolute Gasteiger partial charge is 0.0926 e. The Bertz CT molecular complexity index is 95.0. The van der Waals surface area contributed by atoms with Crippen molar-refractivity contribution in [2.45, 2.75) is 20.3 Å². The van der Waals surface area contributed by atoms with Crippen molar-refractivity contribution in [3.05, 3.63) is 0 Å². The first-order valence-corrected chi connectivity index (χ1v) is 3.72. The predicted molar refractivity (Wildman–Crippen MR) is 44.3 cm³/mol. The lowest BCUT2D eigenvalue weighted by atomic mass is 10.4. The summed E-state index contributed by atoms with van der Waals surface area (Å²) in [5.41, 5.74) is 5.36. The van der Waals surface area contributed by atoms with Crippen molar-refractivity contribution in [2.24, 2.45) is 5.73 Å². The van der Waals surface area contributed by atoms with Gasteiger partial charge in [-0.2, -0.15) is 0 Å². The molecule has 3 heteroatoms.